The van der Waals surface area contributed by atoms with Crippen LogP contribution in [0.4, 0.5) is 0 Å². The molecule has 1 aromatic carbocycles. The van der Waals surface area contributed by atoms with Crippen molar-refractivity contribution in [1.82, 2.24) is 9.80 Å². The summed E-state index contributed by atoms with van der Waals surface area (Å²) in [6, 6.07) is 3.96. The standard InChI is InChI=1S/C16H23BrN2O2/c1-11(19(3)10-12-6-5-9-18(12)2)15-14(20)8-7-13(17)16(15)21-4/h7-8,12,20H,1,5-6,9-10H2,2-4H3. The van der Waals surface area contributed by atoms with E-state index < -0.39 is 0 Å². The highest BCUT2D eigenvalue weighted by atomic mass is 79.9. The van der Waals surface area contributed by atoms with E-state index in [9.17, 15) is 5.11 Å². The SMILES string of the molecule is C=C(c1c(O)ccc(Br)c1OC)N(C)CC1CCCN1C. The van der Waals surface area contributed by atoms with Gasteiger partial charge in [0, 0.05) is 25.3 Å². The number of methoxy groups -OCH3 is 1. The van der Waals surface area contributed by atoms with Gasteiger partial charge in [-0.2, -0.15) is 0 Å². The highest BCUT2D eigenvalue weighted by molar-refractivity contribution is 9.10. The molecule has 0 saturated carbocycles. The summed E-state index contributed by atoms with van der Waals surface area (Å²) in [5.41, 5.74) is 1.42. The molecular weight excluding hydrogens is 332 g/mol. The summed E-state index contributed by atoms with van der Waals surface area (Å²) in [5, 5.41) is 10.2. The minimum atomic E-state index is 0.187. The Morgan fingerprint density at radius 3 is 2.86 bits per heavy atom. The number of nitrogens with zero attached hydrogens (tertiary/aromatic N) is 2. The van der Waals surface area contributed by atoms with E-state index in [2.05, 4.69) is 39.4 Å². The molecule has 0 aromatic heterocycles. The molecule has 1 aliphatic heterocycles. The summed E-state index contributed by atoms with van der Waals surface area (Å²) in [6.07, 6.45) is 2.45. The Morgan fingerprint density at radius 1 is 1.57 bits per heavy atom. The third-order valence-electron chi connectivity index (χ3n) is 4.20. The van der Waals surface area contributed by atoms with Gasteiger partial charge in [0.05, 0.1) is 17.1 Å². The average Bonchev–Trinajstić information content (AvgIpc) is 2.85. The maximum Gasteiger partial charge on any atom is 0.146 e. The smallest absolute Gasteiger partial charge is 0.146 e. The van der Waals surface area contributed by atoms with Crippen LogP contribution in [-0.4, -0.2) is 55.2 Å². The lowest BCUT2D eigenvalue weighted by Crippen LogP contribution is -2.35. The van der Waals surface area contributed by atoms with Gasteiger partial charge in [-0.1, -0.05) is 6.58 Å². The normalized spacial score (nSPS) is 18.8. The van der Waals surface area contributed by atoms with Gasteiger partial charge in [-0.15, -0.1) is 0 Å². The van der Waals surface area contributed by atoms with Crippen LogP contribution in [0, 0.1) is 0 Å². The number of halogens is 1. The monoisotopic (exact) mass is 354 g/mol. The van der Waals surface area contributed by atoms with Crippen LogP contribution in [0.2, 0.25) is 0 Å². The molecule has 0 aliphatic carbocycles. The van der Waals surface area contributed by atoms with Gasteiger partial charge in [0.25, 0.3) is 0 Å². The fourth-order valence-electron chi connectivity index (χ4n) is 2.85. The fourth-order valence-corrected chi connectivity index (χ4v) is 3.34. The number of likely N-dealkylation sites (N-methyl/N-ethyl adjacent to an activating group) is 2. The lowest BCUT2D eigenvalue weighted by Gasteiger charge is -2.29. The number of phenolic OH excluding ortho intramolecular Hbond substituents is 1. The van der Waals surface area contributed by atoms with Crippen molar-refractivity contribution in [3.8, 4) is 11.5 Å². The number of phenols is 1. The highest BCUT2D eigenvalue weighted by Gasteiger charge is 2.24. The van der Waals surface area contributed by atoms with Crippen LogP contribution >= 0.6 is 15.9 Å². The molecule has 2 rings (SSSR count). The van der Waals surface area contributed by atoms with Gasteiger partial charge in [0.2, 0.25) is 0 Å². The largest absolute Gasteiger partial charge is 0.507 e. The van der Waals surface area contributed by atoms with Gasteiger partial charge in [-0.25, -0.2) is 0 Å². The molecule has 1 aromatic rings. The quantitative estimate of drug-likeness (QED) is 0.880. The zero-order chi connectivity index (χ0) is 15.6. The minimum absolute atomic E-state index is 0.187. The van der Waals surface area contributed by atoms with Crippen molar-refractivity contribution >= 4 is 21.6 Å². The molecule has 1 saturated heterocycles. The van der Waals surface area contributed by atoms with Crippen LogP contribution < -0.4 is 4.74 Å². The van der Waals surface area contributed by atoms with E-state index in [4.69, 9.17) is 4.74 Å². The lowest BCUT2D eigenvalue weighted by molar-refractivity contribution is 0.262. The number of ether oxygens (including phenoxy) is 1. The van der Waals surface area contributed by atoms with Gasteiger partial charge in [0.15, 0.2) is 0 Å². The van der Waals surface area contributed by atoms with Crippen molar-refractivity contribution < 1.29 is 9.84 Å². The van der Waals surface area contributed by atoms with Gasteiger partial charge in [-0.3, -0.25) is 0 Å². The first-order valence-corrected chi connectivity index (χ1v) is 7.91. The predicted octanol–water partition coefficient (Wildman–Crippen LogP) is 3.16. The molecule has 0 bridgehead atoms. The lowest BCUT2D eigenvalue weighted by atomic mass is 10.1. The maximum atomic E-state index is 10.2. The van der Waals surface area contributed by atoms with Crippen LogP contribution in [0.15, 0.2) is 23.2 Å². The molecule has 116 valence electrons. The number of likely N-dealkylation sites (tertiary alicyclic amines) is 1. The topological polar surface area (TPSA) is 35.9 Å². The summed E-state index contributed by atoms with van der Waals surface area (Å²) in [4.78, 5) is 4.47. The molecular formula is C16H23BrN2O2. The Labute approximate surface area is 135 Å². The molecule has 1 N–H and O–H groups in total. The minimum Gasteiger partial charge on any atom is -0.507 e. The Balaban J connectivity index is 2.21. The second-order valence-corrected chi connectivity index (χ2v) is 6.43. The first kappa shape index (κ1) is 16.2. The second-order valence-electron chi connectivity index (χ2n) is 5.58. The zero-order valence-corrected chi connectivity index (χ0v) is 14.5. The van der Waals surface area contributed by atoms with Crippen molar-refractivity contribution in [3.05, 3.63) is 28.7 Å². The van der Waals surface area contributed by atoms with Crippen molar-refractivity contribution in [2.45, 2.75) is 18.9 Å². The Bertz CT molecular complexity index is 533. The van der Waals surface area contributed by atoms with Crippen molar-refractivity contribution in [2.24, 2.45) is 0 Å². The van der Waals surface area contributed by atoms with Crippen LogP contribution in [0.3, 0.4) is 0 Å². The van der Waals surface area contributed by atoms with E-state index in [1.54, 1.807) is 19.2 Å². The highest BCUT2D eigenvalue weighted by Crippen LogP contribution is 2.40. The maximum absolute atomic E-state index is 10.2. The van der Waals surface area contributed by atoms with Crippen molar-refractivity contribution in [1.29, 1.82) is 0 Å². The van der Waals surface area contributed by atoms with Crippen LogP contribution in [0.5, 0.6) is 11.5 Å². The van der Waals surface area contributed by atoms with Gasteiger partial charge < -0.3 is 19.6 Å². The van der Waals surface area contributed by atoms with E-state index >= 15 is 0 Å². The zero-order valence-electron chi connectivity index (χ0n) is 12.9. The molecule has 1 unspecified atom stereocenters. The summed E-state index contributed by atoms with van der Waals surface area (Å²) in [5.74, 6) is 0.804. The third kappa shape index (κ3) is 3.35. The van der Waals surface area contributed by atoms with Gasteiger partial charge >= 0.3 is 0 Å². The van der Waals surface area contributed by atoms with Gasteiger partial charge in [0.1, 0.15) is 11.5 Å². The molecule has 1 heterocycles. The summed E-state index contributed by atoms with van der Waals surface area (Å²) >= 11 is 3.45. The average molecular weight is 355 g/mol. The fraction of sp³-hybridized carbons (Fsp3) is 0.500. The van der Waals surface area contributed by atoms with Crippen LogP contribution in [0.25, 0.3) is 5.70 Å². The molecule has 1 aliphatic rings. The Kier molecular flexibility index (Phi) is 5.17. The molecule has 0 radical (unpaired) electrons. The molecule has 5 heteroatoms. The Hall–Kier alpha value is -1.20. The van der Waals surface area contributed by atoms with Crippen LogP contribution in [-0.2, 0) is 0 Å². The molecule has 1 fully saturated rings. The molecule has 0 spiro atoms. The molecule has 1 atom stereocenters. The number of hydrogen-bond acceptors (Lipinski definition) is 4. The molecule has 0 amide bonds. The summed E-state index contributed by atoms with van der Waals surface area (Å²) in [6.45, 7) is 6.19. The van der Waals surface area contributed by atoms with Gasteiger partial charge in [-0.05, 0) is 54.5 Å². The number of rotatable bonds is 5. The Morgan fingerprint density at radius 2 is 2.29 bits per heavy atom. The second kappa shape index (κ2) is 6.71. The molecule has 4 nitrogen and oxygen atoms in total. The number of aromatic hydroxyl groups is 1. The van der Waals surface area contributed by atoms with Crippen molar-refractivity contribution in [2.75, 3.05) is 34.3 Å². The third-order valence-corrected chi connectivity index (χ3v) is 4.82. The molecule has 21 heavy (non-hydrogen) atoms. The summed E-state index contributed by atoms with van der Waals surface area (Å²) < 4.78 is 6.23. The van der Waals surface area contributed by atoms with E-state index in [-0.39, 0.29) is 5.75 Å². The first-order chi connectivity index (χ1) is 9.95. The first-order valence-electron chi connectivity index (χ1n) is 7.11. The van der Waals surface area contributed by atoms with Crippen LogP contribution in [0.1, 0.15) is 18.4 Å². The van der Waals surface area contributed by atoms with E-state index in [0.29, 0.717) is 17.4 Å². The van der Waals surface area contributed by atoms with E-state index in [1.165, 1.54) is 12.8 Å². The van der Waals surface area contributed by atoms with E-state index in [0.717, 1.165) is 23.3 Å². The number of hydrogen-bond donors (Lipinski definition) is 1. The predicted molar refractivity (Wildman–Crippen MR) is 89.7 cm³/mol. The summed E-state index contributed by atoms with van der Waals surface area (Å²) in [7, 11) is 5.76. The van der Waals surface area contributed by atoms with Crippen molar-refractivity contribution in [3.63, 3.8) is 0 Å². The van der Waals surface area contributed by atoms with E-state index in [1.807, 2.05) is 7.05 Å². The number of benzene rings is 1.